The number of rotatable bonds is 3. The largest absolute Gasteiger partial charge is 0.393 e. The lowest BCUT2D eigenvalue weighted by atomic mass is 9.96. The van der Waals surface area contributed by atoms with E-state index in [2.05, 4.69) is 17.2 Å². The Labute approximate surface area is 96.7 Å². The summed E-state index contributed by atoms with van der Waals surface area (Å²) < 4.78 is 2.00. The molecular formula is C12H21N3O. The van der Waals surface area contributed by atoms with E-state index in [-0.39, 0.29) is 6.10 Å². The zero-order valence-electron chi connectivity index (χ0n) is 9.97. The van der Waals surface area contributed by atoms with E-state index < -0.39 is 0 Å². The van der Waals surface area contributed by atoms with Crippen molar-refractivity contribution in [3.8, 4) is 0 Å². The minimum absolute atomic E-state index is 0.141. The van der Waals surface area contributed by atoms with Crippen molar-refractivity contribution in [3.05, 3.63) is 11.9 Å². The molecule has 1 aromatic rings. The fraction of sp³-hybridized carbons (Fsp3) is 0.833. The minimum atomic E-state index is -0.141. The zero-order chi connectivity index (χ0) is 11.4. The predicted octanol–water partition coefficient (Wildman–Crippen LogP) is 2.10. The van der Waals surface area contributed by atoms with E-state index in [0.717, 1.165) is 38.6 Å². The molecule has 4 heteroatoms. The van der Waals surface area contributed by atoms with Crippen LogP contribution in [0.3, 0.4) is 0 Å². The summed E-state index contributed by atoms with van der Waals surface area (Å²) in [6.45, 7) is 3.08. The van der Waals surface area contributed by atoms with Crippen molar-refractivity contribution in [1.82, 2.24) is 15.0 Å². The van der Waals surface area contributed by atoms with Crippen molar-refractivity contribution in [2.24, 2.45) is 0 Å². The second kappa shape index (κ2) is 5.43. The van der Waals surface area contributed by atoms with E-state index in [1.54, 1.807) is 0 Å². The van der Waals surface area contributed by atoms with E-state index in [0.29, 0.717) is 5.92 Å². The smallest absolute Gasteiger partial charge is 0.0728 e. The molecule has 16 heavy (non-hydrogen) atoms. The summed E-state index contributed by atoms with van der Waals surface area (Å²) in [5.41, 5.74) is 1.21. The highest BCUT2D eigenvalue weighted by molar-refractivity contribution is 5.04. The van der Waals surface area contributed by atoms with Gasteiger partial charge in [0, 0.05) is 12.5 Å². The van der Waals surface area contributed by atoms with Crippen molar-refractivity contribution in [2.45, 2.75) is 64.0 Å². The Balaban J connectivity index is 2.11. The van der Waals surface area contributed by atoms with Crippen LogP contribution in [-0.4, -0.2) is 26.2 Å². The summed E-state index contributed by atoms with van der Waals surface area (Å²) in [4.78, 5) is 0. The van der Waals surface area contributed by atoms with Crippen LogP contribution in [0.5, 0.6) is 0 Å². The topological polar surface area (TPSA) is 50.9 Å². The number of hydrogen-bond acceptors (Lipinski definition) is 3. The first-order valence-corrected chi connectivity index (χ1v) is 6.37. The fourth-order valence-electron chi connectivity index (χ4n) is 2.57. The summed E-state index contributed by atoms with van der Waals surface area (Å²) in [5.74, 6) is 0.444. The Morgan fingerprint density at radius 2 is 2.25 bits per heavy atom. The molecule has 1 aromatic heterocycles. The van der Waals surface area contributed by atoms with E-state index >= 15 is 0 Å². The van der Waals surface area contributed by atoms with Gasteiger partial charge in [0.2, 0.25) is 0 Å². The molecule has 0 saturated heterocycles. The Kier molecular flexibility index (Phi) is 3.93. The molecule has 4 nitrogen and oxygen atoms in total. The fourth-order valence-corrected chi connectivity index (χ4v) is 2.57. The number of aliphatic hydroxyl groups is 1. The lowest BCUT2D eigenvalue weighted by Crippen LogP contribution is -2.14. The number of aromatic nitrogens is 3. The van der Waals surface area contributed by atoms with Crippen molar-refractivity contribution in [2.75, 3.05) is 0 Å². The third-order valence-electron chi connectivity index (χ3n) is 3.40. The highest BCUT2D eigenvalue weighted by Crippen LogP contribution is 2.31. The molecule has 0 bridgehead atoms. The van der Waals surface area contributed by atoms with Crippen LogP contribution in [0.4, 0.5) is 0 Å². The lowest BCUT2D eigenvalue weighted by Gasteiger charge is -2.17. The average molecular weight is 223 g/mol. The maximum absolute atomic E-state index is 9.83. The summed E-state index contributed by atoms with van der Waals surface area (Å²) >= 11 is 0. The molecule has 1 fully saturated rings. The van der Waals surface area contributed by atoms with Crippen LogP contribution in [0.15, 0.2) is 6.20 Å². The second-order valence-electron chi connectivity index (χ2n) is 4.75. The molecule has 1 aliphatic rings. The van der Waals surface area contributed by atoms with Gasteiger partial charge < -0.3 is 5.11 Å². The molecule has 1 heterocycles. The van der Waals surface area contributed by atoms with Crippen LogP contribution in [0.25, 0.3) is 0 Å². The Hall–Kier alpha value is -0.900. The third kappa shape index (κ3) is 2.61. The van der Waals surface area contributed by atoms with E-state index in [1.165, 1.54) is 12.1 Å². The number of nitrogens with zero attached hydrogens (tertiary/aromatic N) is 3. The van der Waals surface area contributed by atoms with Gasteiger partial charge in [0.05, 0.1) is 18.0 Å². The highest BCUT2D eigenvalue weighted by atomic mass is 16.3. The molecule has 0 radical (unpaired) electrons. The zero-order valence-corrected chi connectivity index (χ0v) is 9.97. The number of aliphatic hydroxyl groups excluding tert-OH is 1. The molecule has 1 aliphatic carbocycles. The van der Waals surface area contributed by atoms with Crippen molar-refractivity contribution < 1.29 is 5.11 Å². The van der Waals surface area contributed by atoms with E-state index in [1.807, 2.05) is 10.9 Å². The van der Waals surface area contributed by atoms with Gasteiger partial charge in [-0.15, -0.1) is 5.10 Å². The van der Waals surface area contributed by atoms with Gasteiger partial charge in [-0.05, 0) is 25.7 Å². The summed E-state index contributed by atoms with van der Waals surface area (Å²) in [6.07, 6.45) is 8.14. The van der Waals surface area contributed by atoms with Crippen LogP contribution >= 0.6 is 0 Å². The molecule has 90 valence electrons. The van der Waals surface area contributed by atoms with Crippen molar-refractivity contribution >= 4 is 0 Å². The van der Waals surface area contributed by atoms with Crippen LogP contribution in [-0.2, 0) is 6.54 Å². The van der Waals surface area contributed by atoms with Gasteiger partial charge in [0.15, 0.2) is 0 Å². The quantitative estimate of drug-likeness (QED) is 0.798. The Morgan fingerprint density at radius 3 is 3.06 bits per heavy atom. The van der Waals surface area contributed by atoms with Crippen molar-refractivity contribution in [3.63, 3.8) is 0 Å². The van der Waals surface area contributed by atoms with Gasteiger partial charge in [-0.1, -0.05) is 25.0 Å². The first kappa shape index (κ1) is 11.6. The van der Waals surface area contributed by atoms with Crippen LogP contribution < -0.4 is 0 Å². The molecule has 0 spiro atoms. The third-order valence-corrected chi connectivity index (χ3v) is 3.40. The maximum Gasteiger partial charge on any atom is 0.0728 e. The first-order chi connectivity index (χ1) is 7.81. The predicted molar refractivity (Wildman–Crippen MR) is 62.1 cm³/mol. The first-order valence-electron chi connectivity index (χ1n) is 6.37. The Morgan fingerprint density at radius 1 is 1.44 bits per heavy atom. The monoisotopic (exact) mass is 223 g/mol. The molecule has 0 aromatic carbocycles. The second-order valence-corrected chi connectivity index (χ2v) is 4.75. The molecule has 0 amide bonds. The van der Waals surface area contributed by atoms with Crippen LogP contribution in [0.1, 0.15) is 57.1 Å². The van der Waals surface area contributed by atoms with E-state index in [4.69, 9.17) is 0 Å². The number of aryl methyl sites for hydroxylation is 1. The van der Waals surface area contributed by atoms with Crippen LogP contribution in [0, 0.1) is 0 Å². The molecular weight excluding hydrogens is 202 g/mol. The molecule has 2 atom stereocenters. The molecule has 2 unspecified atom stereocenters. The van der Waals surface area contributed by atoms with Gasteiger partial charge in [0.1, 0.15) is 0 Å². The standard InChI is InChI=1S/C12H21N3O/c1-2-7-15-12(9-13-14-15)10-5-3-4-6-11(16)8-10/h9-11,16H,2-8H2,1H3. The van der Waals surface area contributed by atoms with Gasteiger partial charge in [-0.25, -0.2) is 4.68 Å². The van der Waals surface area contributed by atoms with Gasteiger partial charge in [-0.3, -0.25) is 0 Å². The summed E-state index contributed by atoms with van der Waals surface area (Å²) in [5, 5.41) is 18.0. The van der Waals surface area contributed by atoms with Gasteiger partial charge >= 0.3 is 0 Å². The highest BCUT2D eigenvalue weighted by Gasteiger charge is 2.22. The molecule has 2 rings (SSSR count). The molecule has 1 saturated carbocycles. The van der Waals surface area contributed by atoms with Crippen molar-refractivity contribution in [1.29, 1.82) is 0 Å². The van der Waals surface area contributed by atoms with E-state index in [9.17, 15) is 5.11 Å². The number of hydrogen-bond donors (Lipinski definition) is 1. The SMILES string of the molecule is CCCn1nncc1C1CCCCC(O)C1. The van der Waals surface area contributed by atoms with Gasteiger partial charge in [0.25, 0.3) is 0 Å². The lowest BCUT2D eigenvalue weighted by molar-refractivity contribution is 0.150. The summed E-state index contributed by atoms with van der Waals surface area (Å²) in [6, 6.07) is 0. The Bertz CT molecular complexity index is 324. The molecule has 0 aliphatic heterocycles. The van der Waals surface area contributed by atoms with Crippen LogP contribution in [0.2, 0.25) is 0 Å². The minimum Gasteiger partial charge on any atom is -0.393 e. The maximum atomic E-state index is 9.83. The normalized spacial score (nSPS) is 26.6. The summed E-state index contributed by atoms with van der Waals surface area (Å²) in [7, 11) is 0. The average Bonchev–Trinajstić information content (AvgIpc) is 2.61. The van der Waals surface area contributed by atoms with Gasteiger partial charge in [-0.2, -0.15) is 0 Å². The molecule has 1 N–H and O–H groups in total.